The van der Waals surface area contributed by atoms with Crippen LogP contribution in [0, 0.1) is 11.3 Å². The zero-order chi connectivity index (χ0) is 10.6. The Morgan fingerprint density at radius 1 is 1.23 bits per heavy atom. The third-order valence-electron chi connectivity index (χ3n) is 2.77. The first-order valence-corrected chi connectivity index (χ1v) is 4.40. The average molecular weight is 188 g/mol. The maximum Gasteiger partial charge on any atom is 0.321 e. The zero-order valence-corrected chi connectivity index (χ0v) is 8.20. The lowest BCUT2D eigenvalue weighted by molar-refractivity contribution is -0.169. The van der Waals surface area contributed by atoms with Crippen molar-refractivity contribution < 1.29 is 19.8 Å². The third-order valence-corrected chi connectivity index (χ3v) is 2.77. The van der Waals surface area contributed by atoms with Gasteiger partial charge >= 0.3 is 11.9 Å². The number of hydrogen-bond donors (Lipinski definition) is 2. The van der Waals surface area contributed by atoms with Crippen LogP contribution >= 0.6 is 0 Å². The van der Waals surface area contributed by atoms with E-state index in [0.717, 1.165) is 0 Å². The van der Waals surface area contributed by atoms with Crippen LogP contribution in [-0.4, -0.2) is 22.2 Å². The molecule has 1 atom stereocenters. The molecule has 0 amide bonds. The lowest BCUT2D eigenvalue weighted by Gasteiger charge is -2.29. The van der Waals surface area contributed by atoms with Gasteiger partial charge in [-0.3, -0.25) is 9.59 Å². The highest BCUT2D eigenvalue weighted by atomic mass is 16.4. The zero-order valence-electron chi connectivity index (χ0n) is 8.20. The smallest absolute Gasteiger partial charge is 0.321 e. The summed E-state index contributed by atoms with van der Waals surface area (Å²) < 4.78 is 0. The van der Waals surface area contributed by atoms with Crippen molar-refractivity contribution in [2.45, 2.75) is 33.6 Å². The molecule has 0 rings (SSSR count). The molecule has 0 unspecified atom stereocenters. The molecule has 0 saturated heterocycles. The summed E-state index contributed by atoms with van der Waals surface area (Å²) >= 11 is 0. The van der Waals surface area contributed by atoms with E-state index in [4.69, 9.17) is 10.2 Å². The van der Waals surface area contributed by atoms with E-state index in [1.54, 1.807) is 20.8 Å². The predicted molar refractivity (Wildman–Crippen MR) is 47.5 cm³/mol. The van der Waals surface area contributed by atoms with Gasteiger partial charge in [0.05, 0.1) is 0 Å². The highest BCUT2D eigenvalue weighted by molar-refractivity contribution is 5.98. The topological polar surface area (TPSA) is 74.6 Å². The Morgan fingerprint density at radius 2 is 1.62 bits per heavy atom. The molecule has 0 radical (unpaired) electrons. The Hall–Kier alpha value is -1.06. The van der Waals surface area contributed by atoms with E-state index < -0.39 is 17.4 Å². The Bertz CT molecular complexity index is 196. The molecule has 0 heterocycles. The third kappa shape index (κ3) is 1.82. The molecule has 0 aromatic heterocycles. The van der Waals surface area contributed by atoms with Gasteiger partial charge in [0.1, 0.15) is 0 Å². The largest absolute Gasteiger partial charge is 0.480 e. The normalized spacial score (nSPS) is 13.8. The average Bonchev–Trinajstić information content (AvgIpc) is 2.04. The van der Waals surface area contributed by atoms with E-state index in [9.17, 15) is 9.59 Å². The maximum atomic E-state index is 10.9. The molecule has 0 fully saturated rings. The molecule has 0 aliphatic heterocycles. The fourth-order valence-electron chi connectivity index (χ4n) is 1.51. The van der Waals surface area contributed by atoms with Gasteiger partial charge < -0.3 is 10.2 Å². The van der Waals surface area contributed by atoms with Gasteiger partial charge in [0, 0.05) is 0 Å². The molecule has 2 N–H and O–H groups in total. The van der Waals surface area contributed by atoms with Crippen molar-refractivity contribution in [3.05, 3.63) is 0 Å². The number of carboxylic acids is 2. The molecule has 0 saturated carbocycles. The number of rotatable bonds is 5. The van der Waals surface area contributed by atoms with Crippen molar-refractivity contribution in [1.29, 1.82) is 0 Å². The number of hydrogen-bond acceptors (Lipinski definition) is 2. The van der Waals surface area contributed by atoms with Crippen molar-refractivity contribution in [2.75, 3.05) is 0 Å². The fourth-order valence-corrected chi connectivity index (χ4v) is 1.51. The van der Waals surface area contributed by atoms with Crippen molar-refractivity contribution in [3.8, 4) is 0 Å². The summed E-state index contributed by atoms with van der Waals surface area (Å²) in [5.74, 6) is -2.83. The van der Waals surface area contributed by atoms with Crippen molar-refractivity contribution in [2.24, 2.45) is 11.3 Å². The highest BCUT2D eigenvalue weighted by Gasteiger charge is 2.48. The summed E-state index contributed by atoms with van der Waals surface area (Å²) in [5, 5.41) is 17.8. The standard InChI is InChI=1S/C9H16O4/c1-4-6(3)9(5-2,7(10)11)8(12)13/h6H,4-5H2,1-3H3,(H,10,11)(H,12,13)/t6-/m0/s1. The van der Waals surface area contributed by atoms with Crippen LogP contribution in [0.4, 0.5) is 0 Å². The number of aliphatic carboxylic acids is 2. The molecular formula is C9H16O4. The van der Waals surface area contributed by atoms with Crippen LogP contribution in [0.15, 0.2) is 0 Å². The number of carboxylic acid groups (broad SMARTS) is 2. The maximum absolute atomic E-state index is 10.9. The molecule has 0 bridgehead atoms. The molecular weight excluding hydrogens is 172 g/mol. The molecule has 13 heavy (non-hydrogen) atoms. The Labute approximate surface area is 77.6 Å². The SMILES string of the molecule is CC[C@H](C)C(CC)(C(=O)O)C(=O)O. The van der Waals surface area contributed by atoms with Gasteiger partial charge in [0.15, 0.2) is 5.41 Å². The van der Waals surface area contributed by atoms with E-state index in [0.29, 0.717) is 6.42 Å². The summed E-state index contributed by atoms with van der Waals surface area (Å²) in [6.45, 7) is 5.04. The molecule has 0 spiro atoms. The van der Waals surface area contributed by atoms with Gasteiger partial charge in [0.2, 0.25) is 0 Å². The first-order chi connectivity index (χ1) is 5.93. The molecule has 4 nitrogen and oxygen atoms in total. The van der Waals surface area contributed by atoms with Gasteiger partial charge in [-0.05, 0) is 12.3 Å². The summed E-state index contributed by atoms with van der Waals surface area (Å²) in [7, 11) is 0. The Balaban J connectivity index is 5.10. The predicted octanol–water partition coefficient (Wildman–Crippen LogP) is 1.60. The second kappa shape index (κ2) is 4.25. The molecule has 0 aliphatic rings. The van der Waals surface area contributed by atoms with Gasteiger partial charge in [0.25, 0.3) is 0 Å². The van der Waals surface area contributed by atoms with Crippen LogP contribution in [0.5, 0.6) is 0 Å². The van der Waals surface area contributed by atoms with Gasteiger partial charge in [-0.2, -0.15) is 0 Å². The van der Waals surface area contributed by atoms with Crippen LogP contribution < -0.4 is 0 Å². The summed E-state index contributed by atoms with van der Waals surface area (Å²) in [6.07, 6.45) is 0.666. The minimum Gasteiger partial charge on any atom is -0.480 e. The fraction of sp³-hybridized carbons (Fsp3) is 0.778. The molecule has 0 aliphatic carbocycles. The van der Waals surface area contributed by atoms with Gasteiger partial charge in [-0.1, -0.05) is 27.2 Å². The summed E-state index contributed by atoms with van der Waals surface area (Å²) in [6, 6.07) is 0. The lowest BCUT2D eigenvalue weighted by Crippen LogP contribution is -2.44. The monoisotopic (exact) mass is 188 g/mol. The van der Waals surface area contributed by atoms with Gasteiger partial charge in [-0.15, -0.1) is 0 Å². The van der Waals surface area contributed by atoms with Crippen molar-refractivity contribution in [3.63, 3.8) is 0 Å². The molecule has 0 aromatic carbocycles. The lowest BCUT2D eigenvalue weighted by atomic mass is 9.73. The van der Waals surface area contributed by atoms with Crippen molar-refractivity contribution >= 4 is 11.9 Å². The van der Waals surface area contributed by atoms with E-state index in [-0.39, 0.29) is 12.3 Å². The first kappa shape index (κ1) is 11.9. The first-order valence-electron chi connectivity index (χ1n) is 4.40. The second-order valence-corrected chi connectivity index (χ2v) is 3.24. The van der Waals surface area contributed by atoms with Crippen molar-refractivity contribution in [1.82, 2.24) is 0 Å². The van der Waals surface area contributed by atoms with E-state index in [1.165, 1.54) is 0 Å². The minimum absolute atomic E-state index is 0.118. The quantitative estimate of drug-likeness (QED) is 0.642. The summed E-state index contributed by atoms with van der Waals surface area (Å²) in [5.41, 5.74) is -1.62. The Morgan fingerprint density at radius 3 is 1.69 bits per heavy atom. The van der Waals surface area contributed by atoms with Crippen LogP contribution in [0.3, 0.4) is 0 Å². The van der Waals surface area contributed by atoms with E-state index in [1.807, 2.05) is 0 Å². The second-order valence-electron chi connectivity index (χ2n) is 3.24. The van der Waals surface area contributed by atoms with Crippen LogP contribution in [-0.2, 0) is 9.59 Å². The molecule has 4 heteroatoms. The van der Waals surface area contributed by atoms with Gasteiger partial charge in [-0.25, -0.2) is 0 Å². The molecule has 76 valence electrons. The number of carbonyl (C=O) groups is 2. The minimum atomic E-state index is -1.62. The van der Waals surface area contributed by atoms with Crippen LogP contribution in [0.25, 0.3) is 0 Å². The highest BCUT2D eigenvalue weighted by Crippen LogP contribution is 2.34. The van der Waals surface area contributed by atoms with E-state index >= 15 is 0 Å². The van der Waals surface area contributed by atoms with E-state index in [2.05, 4.69) is 0 Å². The molecule has 0 aromatic rings. The Kier molecular flexibility index (Phi) is 3.91. The van der Waals surface area contributed by atoms with Crippen LogP contribution in [0.2, 0.25) is 0 Å². The summed E-state index contributed by atoms with van der Waals surface area (Å²) in [4.78, 5) is 21.8. The van der Waals surface area contributed by atoms with Crippen LogP contribution in [0.1, 0.15) is 33.6 Å².